The predicted octanol–water partition coefficient (Wildman–Crippen LogP) is -0.860. The molecule has 0 rings (SSSR count). The molecule has 0 aliphatic heterocycles. The van der Waals surface area contributed by atoms with Crippen molar-refractivity contribution in [2.45, 2.75) is 39.7 Å². The summed E-state index contributed by atoms with van der Waals surface area (Å²) in [4.78, 5) is 0. The Kier molecular flexibility index (Phi) is 46.3. The summed E-state index contributed by atoms with van der Waals surface area (Å²) in [6, 6.07) is 0. The van der Waals surface area contributed by atoms with Crippen LogP contribution in [-0.2, 0) is 0 Å². The van der Waals surface area contributed by atoms with Crippen molar-refractivity contribution in [2.75, 3.05) is 6.61 Å². The maximum atomic E-state index is 9.53. The van der Waals surface area contributed by atoms with Gasteiger partial charge in [-0.3, -0.25) is 0 Å². The van der Waals surface area contributed by atoms with E-state index >= 15 is 0 Å². The third-order valence-corrected chi connectivity index (χ3v) is 0.498. The van der Waals surface area contributed by atoms with E-state index in [-0.39, 0.29) is 41.8 Å². The van der Waals surface area contributed by atoms with Gasteiger partial charge in [-0.1, -0.05) is 33.6 Å². The van der Waals surface area contributed by atoms with Crippen molar-refractivity contribution >= 4 is 35.2 Å². The van der Waals surface area contributed by atoms with Gasteiger partial charge in [0.25, 0.3) is 0 Å². The van der Waals surface area contributed by atoms with Crippen LogP contribution in [0.15, 0.2) is 0 Å². The van der Waals surface area contributed by atoms with Crippen LogP contribution in [0.2, 0.25) is 0 Å². The van der Waals surface area contributed by atoms with Crippen LogP contribution in [0.3, 0.4) is 0 Å². The fourth-order valence-electron chi connectivity index (χ4n) is 0.144. The van der Waals surface area contributed by atoms with Crippen molar-refractivity contribution in [1.29, 1.82) is 0 Å². The molecule has 0 aliphatic rings. The number of hydrogen-bond donors (Lipinski definition) is 0. The van der Waals surface area contributed by atoms with Crippen LogP contribution in [0.5, 0.6) is 0 Å². The second-order valence-electron chi connectivity index (χ2n) is 2.11. The average Bonchev–Trinajstić information content (AvgIpc) is 1.66. The molecule has 8 radical (unpaired) electrons. The minimum absolute atomic E-state index is 0. The first-order chi connectivity index (χ1) is 4.15. The molecule has 0 N–H and O–H groups in total. The summed E-state index contributed by atoms with van der Waals surface area (Å²) in [7, 11) is 0. The van der Waals surface area contributed by atoms with Gasteiger partial charge in [0.2, 0.25) is 0 Å². The van der Waals surface area contributed by atoms with E-state index in [0.29, 0.717) is 0 Å². The molecule has 4 heteroatoms. The van der Waals surface area contributed by atoms with Crippen LogP contribution < -0.4 is 10.2 Å². The van der Waals surface area contributed by atoms with Crippen molar-refractivity contribution in [2.24, 2.45) is 0 Å². The summed E-state index contributed by atoms with van der Waals surface area (Å²) in [5, 5.41) is 19.1. The van der Waals surface area contributed by atoms with Crippen LogP contribution in [0.1, 0.15) is 33.6 Å². The molecule has 0 fully saturated rings. The third-order valence-electron chi connectivity index (χ3n) is 0.498. The first-order valence-corrected chi connectivity index (χ1v) is 3.39. The Labute approximate surface area is 91.7 Å². The van der Waals surface area contributed by atoms with Gasteiger partial charge in [-0.05, 0) is 0 Å². The average molecular weight is 277 g/mol. The Morgan fingerprint density at radius 3 is 1.45 bits per heavy atom. The van der Waals surface area contributed by atoms with Gasteiger partial charge in [0.05, 0.1) is 0 Å². The van der Waals surface area contributed by atoms with Crippen LogP contribution in [0.25, 0.3) is 0 Å². The molecule has 0 amide bonds. The van der Waals surface area contributed by atoms with Gasteiger partial charge in [0, 0.05) is 35.2 Å². The minimum atomic E-state index is -0.417. The minimum Gasteiger partial charge on any atom is -0.854 e. The molecular weight excluding hydrogens is 261 g/mol. The number of unbranched alkanes of at least 4 members (excludes halogenated alkanes) is 1. The van der Waals surface area contributed by atoms with E-state index in [1.165, 1.54) is 0 Å². The molecule has 0 aromatic rings. The van der Waals surface area contributed by atoms with Gasteiger partial charge in [-0.25, -0.2) is 0 Å². The quantitative estimate of drug-likeness (QED) is 0.617. The zero-order valence-electron chi connectivity index (χ0n) is 7.52. The van der Waals surface area contributed by atoms with Crippen molar-refractivity contribution in [3.8, 4) is 0 Å². The molecule has 11 heavy (non-hydrogen) atoms. The Morgan fingerprint density at radius 1 is 1.18 bits per heavy atom. The van der Waals surface area contributed by atoms with E-state index < -0.39 is 6.10 Å². The van der Waals surface area contributed by atoms with E-state index in [1.54, 1.807) is 13.8 Å². The van der Waals surface area contributed by atoms with Gasteiger partial charge < -0.3 is 10.2 Å². The maximum Gasteiger partial charge on any atom is 0 e. The summed E-state index contributed by atoms with van der Waals surface area (Å²) >= 11 is 0. The standard InChI is InChI=1S/C4H9O.C3H7O.2Ge/c1-2-3-4-5;1-3(2)4;;/h2-4H2,1H3;3H,1-2H3;;/q2*-1;;. The summed E-state index contributed by atoms with van der Waals surface area (Å²) < 4.78 is 0. The molecule has 0 saturated carbocycles. The summed E-state index contributed by atoms with van der Waals surface area (Å²) in [5.41, 5.74) is 0. The Balaban J connectivity index is -0.0000000383. The van der Waals surface area contributed by atoms with Gasteiger partial charge in [-0.2, -0.15) is 0 Å². The molecule has 0 spiro atoms. The van der Waals surface area contributed by atoms with Crippen molar-refractivity contribution < 1.29 is 10.2 Å². The summed E-state index contributed by atoms with van der Waals surface area (Å²) in [6.45, 7) is 5.33. The molecular formula is C7H16Ge2O2-2. The molecule has 0 aromatic carbocycles. The molecule has 2 nitrogen and oxygen atoms in total. The molecule has 0 unspecified atom stereocenters. The smallest absolute Gasteiger partial charge is 0 e. The number of hydrogen-bond acceptors (Lipinski definition) is 2. The SMILES string of the molecule is CC(C)[O-].CCCC[O-].[Ge].[Ge]. The predicted molar refractivity (Wildman–Crippen MR) is 46.4 cm³/mol. The normalized spacial score (nSPS) is 7.09. The van der Waals surface area contributed by atoms with Gasteiger partial charge in [-0.15, -0.1) is 12.7 Å². The second kappa shape index (κ2) is 22.4. The van der Waals surface area contributed by atoms with E-state index in [0.717, 1.165) is 12.8 Å². The first-order valence-electron chi connectivity index (χ1n) is 3.39. The second-order valence-corrected chi connectivity index (χ2v) is 2.11. The molecule has 0 atom stereocenters. The van der Waals surface area contributed by atoms with Crippen LogP contribution in [0, 0.1) is 0 Å². The van der Waals surface area contributed by atoms with Crippen LogP contribution >= 0.6 is 0 Å². The monoisotopic (exact) mass is 280 g/mol. The van der Waals surface area contributed by atoms with E-state index in [1.807, 2.05) is 6.92 Å². The van der Waals surface area contributed by atoms with Crippen molar-refractivity contribution in [3.05, 3.63) is 0 Å². The van der Waals surface area contributed by atoms with Crippen molar-refractivity contribution in [3.63, 3.8) is 0 Å². The van der Waals surface area contributed by atoms with E-state index in [4.69, 9.17) is 0 Å². The largest absolute Gasteiger partial charge is 0.854 e. The van der Waals surface area contributed by atoms with Gasteiger partial charge in [0.1, 0.15) is 0 Å². The Bertz CT molecular complexity index is 38.7. The molecule has 66 valence electrons. The third kappa shape index (κ3) is 98.8. The van der Waals surface area contributed by atoms with Crippen LogP contribution in [-0.4, -0.2) is 47.9 Å². The van der Waals surface area contributed by atoms with Gasteiger partial charge in [0.15, 0.2) is 0 Å². The van der Waals surface area contributed by atoms with Gasteiger partial charge >= 0.3 is 0 Å². The zero-order valence-corrected chi connectivity index (χ0v) is 11.7. The Morgan fingerprint density at radius 2 is 1.45 bits per heavy atom. The topological polar surface area (TPSA) is 46.1 Å². The molecule has 0 saturated heterocycles. The fourth-order valence-corrected chi connectivity index (χ4v) is 0.144. The summed E-state index contributed by atoms with van der Waals surface area (Å²) in [6.07, 6.45) is 1.45. The molecule has 0 aliphatic carbocycles. The summed E-state index contributed by atoms with van der Waals surface area (Å²) in [5.74, 6) is 0. The van der Waals surface area contributed by atoms with Crippen LogP contribution in [0.4, 0.5) is 0 Å². The zero-order chi connectivity index (χ0) is 7.70. The Hall–Kier alpha value is 1.01. The fraction of sp³-hybridized carbons (Fsp3) is 1.00. The van der Waals surface area contributed by atoms with E-state index in [9.17, 15) is 10.2 Å². The maximum absolute atomic E-state index is 9.53. The van der Waals surface area contributed by atoms with Crippen molar-refractivity contribution in [1.82, 2.24) is 0 Å². The molecule has 0 bridgehead atoms. The molecule has 0 heterocycles. The first kappa shape index (κ1) is 22.7. The van der Waals surface area contributed by atoms with E-state index in [2.05, 4.69) is 0 Å². The molecule has 0 aromatic heterocycles. The number of rotatable bonds is 2.